The SMILES string of the molecule is CC(C)(C)NCC1(O)CCCC1S(C)(=O)=O. The van der Waals surface area contributed by atoms with E-state index in [-0.39, 0.29) is 5.54 Å². The third-order valence-electron chi connectivity index (χ3n) is 3.12. The van der Waals surface area contributed by atoms with Crippen molar-refractivity contribution in [3.63, 3.8) is 0 Å². The monoisotopic (exact) mass is 249 g/mol. The van der Waals surface area contributed by atoms with Gasteiger partial charge in [-0.25, -0.2) is 8.42 Å². The van der Waals surface area contributed by atoms with Gasteiger partial charge in [-0.2, -0.15) is 0 Å². The van der Waals surface area contributed by atoms with Crippen molar-refractivity contribution in [2.75, 3.05) is 12.8 Å². The standard InChI is InChI=1S/C11H23NO3S/c1-10(2,3)12-8-11(13)7-5-6-9(11)16(4,14)15/h9,12-13H,5-8H2,1-4H3. The van der Waals surface area contributed by atoms with Crippen molar-refractivity contribution in [3.8, 4) is 0 Å². The molecule has 2 unspecified atom stereocenters. The summed E-state index contributed by atoms with van der Waals surface area (Å²) in [5.74, 6) is 0. The summed E-state index contributed by atoms with van der Waals surface area (Å²) in [5.41, 5.74) is -1.21. The van der Waals surface area contributed by atoms with Gasteiger partial charge in [-0.05, 0) is 40.0 Å². The van der Waals surface area contributed by atoms with E-state index < -0.39 is 20.7 Å². The molecule has 1 saturated carbocycles. The summed E-state index contributed by atoms with van der Waals surface area (Å²) in [4.78, 5) is 0. The van der Waals surface area contributed by atoms with Gasteiger partial charge in [0, 0.05) is 18.3 Å². The van der Waals surface area contributed by atoms with Crippen LogP contribution in [0.2, 0.25) is 0 Å². The molecule has 1 aliphatic rings. The van der Waals surface area contributed by atoms with Crippen molar-refractivity contribution in [1.82, 2.24) is 5.32 Å². The number of sulfone groups is 1. The molecule has 0 heterocycles. The van der Waals surface area contributed by atoms with Crippen LogP contribution in [-0.2, 0) is 9.84 Å². The Balaban J connectivity index is 2.76. The van der Waals surface area contributed by atoms with Gasteiger partial charge >= 0.3 is 0 Å². The minimum absolute atomic E-state index is 0.111. The minimum atomic E-state index is -3.17. The van der Waals surface area contributed by atoms with Gasteiger partial charge in [0.1, 0.15) is 0 Å². The summed E-state index contributed by atoms with van der Waals surface area (Å²) in [6.45, 7) is 6.34. The molecule has 0 radical (unpaired) electrons. The Labute approximate surface area is 98.4 Å². The molecule has 0 bridgehead atoms. The fourth-order valence-electron chi connectivity index (χ4n) is 2.26. The predicted octanol–water partition coefficient (Wildman–Crippen LogP) is 0.703. The molecule has 1 aliphatic carbocycles. The van der Waals surface area contributed by atoms with Gasteiger partial charge < -0.3 is 10.4 Å². The van der Waals surface area contributed by atoms with Gasteiger partial charge in [0.05, 0.1) is 10.9 Å². The Hall–Kier alpha value is -0.130. The molecule has 96 valence electrons. The van der Waals surface area contributed by atoms with Crippen molar-refractivity contribution in [2.45, 2.75) is 56.4 Å². The number of hydrogen-bond donors (Lipinski definition) is 2. The molecule has 0 aromatic rings. The van der Waals surface area contributed by atoms with Gasteiger partial charge in [-0.1, -0.05) is 0 Å². The molecule has 0 saturated heterocycles. The van der Waals surface area contributed by atoms with Crippen LogP contribution in [0.3, 0.4) is 0 Å². The molecule has 0 aromatic heterocycles. The summed E-state index contributed by atoms with van der Waals surface area (Å²) < 4.78 is 23.2. The molecule has 4 nitrogen and oxygen atoms in total. The van der Waals surface area contributed by atoms with Crippen molar-refractivity contribution < 1.29 is 13.5 Å². The summed E-state index contributed by atoms with van der Waals surface area (Å²) >= 11 is 0. The highest BCUT2D eigenvalue weighted by atomic mass is 32.2. The molecule has 0 spiro atoms. The second-order valence-electron chi connectivity index (χ2n) is 5.92. The smallest absolute Gasteiger partial charge is 0.153 e. The largest absolute Gasteiger partial charge is 0.387 e. The molecule has 0 aromatic carbocycles. The first-order valence-corrected chi connectivity index (χ1v) is 7.66. The van der Waals surface area contributed by atoms with E-state index in [1.54, 1.807) is 0 Å². The summed E-state index contributed by atoms with van der Waals surface area (Å²) in [5, 5.41) is 13.0. The highest BCUT2D eigenvalue weighted by Crippen LogP contribution is 2.34. The molecular weight excluding hydrogens is 226 g/mol. The van der Waals surface area contributed by atoms with Gasteiger partial charge in [-0.3, -0.25) is 0 Å². The van der Waals surface area contributed by atoms with E-state index >= 15 is 0 Å². The lowest BCUT2D eigenvalue weighted by atomic mass is 10.00. The first-order valence-electron chi connectivity index (χ1n) is 5.71. The molecule has 16 heavy (non-hydrogen) atoms. The van der Waals surface area contributed by atoms with Crippen LogP contribution in [0.15, 0.2) is 0 Å². The lowest BCUT2D eigenvalue weighted by Crippen LogP contribution is -2.53. The Bertz CT molecular complexity index is 345. The zero-order valence-corrected chi connectivity index (χ0v) is 11.4. The van der Waals surface area contributed by atoms with E-state index in [0.29, 0.717) is 19.4 Å². The second-order valence-corrected chi connectivity index (χ2v) is 8.15. The quantitative estimate of drug-likeness (QED) is 0.773. The van der Waals surface area contributed by atoms with Crippen LogP contribution in [0.25, 0.3) is 0 Å². The summed E-state index contributed by atoms with van der Waals surface area (Å²) in [6, 6.07) is 0. The summed E-state index contributed by atoms with van der Waals surface area (Å²) in [7, 11) is -3.17. The van der Waals surface area contributed by atoms with E-state index in [2.05, 4.69) is 5.32 Å². The zero-order chi connectivity index (χ0) is 12.6. The molecule has 1 fully saturated rings. The molecule has 2 atom stereocenters. The van der Waals surface area contributed by atoms with Gasteiger partial charge in [-0.15, -0.1) is 0 Å². The molecular formula is C11H23NO3S. The zero-order valence-electron chi connectivity index (χ0n) is 10.6. The molecule has 2 N–H and O–H groups in total. The highest BCUT2D eigenvalue weighted by molar-refractivity contribution is 7.91. The number of aliphatic hydroxyl groups is 1. The Morgan fingerprint density at radius 3 is 2.44 bits per heavy atom. The Kier molecular flexibility index (Phi) is 3.72. The van der Waals surface area contributed by atoms with Gasteiger partial charge in [0.2, 0.25) is 0 Å². The number of rotatable bonds is 3. The van der Waals surface area contributed by atoms with Gasteiger partial charge in [0.15, 0.2) is 9.84 Å². The van der Waals surface area contributed by atoms with Crippen LogP contribution >= 0.6 is 0 Å². The van der Waals surface area contributed by atoms with Crippen molar-refractivity contribution in [1.29, 1.82) is 0 Å². The number of β-amino-alcohol motifs (C(OH)–C–C–N with tert-alkyl or cyclic N) is 1. The van der Waals surface area contributed by atoms with E-state index in [1.165, 1.54) is 6.26 Å². The van der Waals surface area contributed by atoms with Crippen LogP contribution in [0.5, 0.6) is 0 Å². The maximum absolute atomic E-state index is 11.6. The average molecular weight is 249 g/mol. The maximum atomic E-state index is 11.6. The van der Waals surface area contributed by atoms with Crippen molar-refractivity contribution in [3.05, 3.63) is 0 Å². The van der Waals surface area contributed by atoms with Crippen molar-refractivity contribution in [2.24, 2.45) is 0 Å². The van der Waals surface area contributed by atoms with Crippen LogP contribution in [-0.4, -0.2) is 42.7 Å². The fourth-order valence-corrected chi connectivity index (χ4v) is 3.85. The number of hydrogen-bond acceptors (Lipinski definition) is 4. The Morgan fingerprint density at radius 2 is 2.00 bits per heavy atom. The van der Waals surface area contributed by atoms with Crippen LogP contribution < -0.4 is 5.32 Å². The average Bonchev–Trinajstić information content (AvgIpc) is 2.43. The summed E-state index contributed by atoms with van der Waals surface area (Å²) in [6.07, 6.45) is 3.13. The minimum Gasteiger partial charge on any atom is -0.387 e. The van der Waals surface area contributed by atoms with E-state index in [9.17, 15) is 13.5 Å². The lowest BCUT2D eigenvalue weighted by Gasteiger charge is -2.33. The van der Waals surface area contributed by atoms with E-state index in [1.807, 2.05) is 20.8 Å². The first-order chi connectivity index (χ1) is 7.05. The van der Waals surface area contributed by atoms with Crippen LogP contribution in [0, 0.1) is 0 Å². The Morgan fingerprint density at radius 1 is 1.44 bits per heavy atom. The highest BCUT2D eigenvalue weighted by Gasteiger charge is 2.46. The molecule has 0 amide bonds. The van der Waals surface area contributed by atoms with Crippen LogP contribution in [0.1, 0.15) is 40.0 Å². The van der Waals surface area contributed by atoms with Crippen LogP contribution in [0.4, 0.5) is 0 Å². The molecule has 0 aliphatic heterocycles. The molecule has 1 rings (SSSR count). The second kappa shape index (κ2) is 4.27. The maximum Gasteiger partial charge on any atom is 0.153 e. The third-order valence-corrected chi connectivity index (χ3v) is 4.83. The first kappa shape index (κ1) is 13.9. The normalized spacial score (nSPS) is 31.9. The van der Waals surface area contributed by atoms with E-state index in [0.717, 1.165) is 6.42 Å². The third kappa shape index (κ3) is 3.43. The predicted molar refractivity (Wildman–Crippen MR) is 65.2 cm³/mol. The van der Waals surface area contributed by atoms with E-state index in [4.69, 9.17) is 0 Å². The molecule has 5 heteroatoms. The fraction of sp³-hybridized carbons (Fsp3) is 1.00. The van der Waals surface area contributed by atoms with Gasteiger partial charge in [0.25, 0.3) is 0 Å². The number of nitrogens with one attached hydrogen (secondary N) is 1. The lowest BCUT2D eigenvalue weighted by molar-refractivity contribution is 0.0445. The topological polar surface area (TPSA) is 66.4 Å². The van der Waals surface area contributed by atoms with Crippen molar-refractivity contribution >= 4 is 9.84 Å².